The molecule has 3 heteroatoms. The van der Waals surface area contributed by atoms with E-state index in [1.165, 1.54) is 11.1 Å². The van der Waals surface area contributed by atoms with Gasteiger partial charge in [0.25, 0.3) is 0 Å². The van der Waals surface area contributed by atoms with Gasteiger partial charge in [-0.15, -0.1) is 0 Å². The minimum absolute atomic E-state index is 0.331. The Hall–Kier alpha value is -0.540. The highest BCUT2D eigenvalue weighted by Gasteiger charge is 2.13. The average molecular weight is 228 g/mol. The Kier molecular flexibility index (Phi) is 2.07. The van der Waals surface area contributed by atoms with Gasteiger partial charge < -0.3 is 10.4 Å². The summed E-state index contributed by atoms with van der Waals surface area (Å²) in [5.74, 6) is 0.331. The molecular weight excluding hydrogens is 218 g/mol. The summed E-state index contributed by atoms with van der Waals surface area (Å²) in [6.07, 6.45) is 1.05. The van der Waals surface area contributed by atoms with Crippen LogP contribution in [-0.4, -0.2) is 11.7 Å². The summed E-state index contributed by atoms with van der Waals surface area (Å²) in [4.78, 5) is 0. The minimum Gasteiger partial charge on any atom is -0.507 e. The second-order valence-electron chi connectivity index (χ2n) is 2.96. The second-order valence-corrected chi connectivity index (χ2v) is 3.76. The molecule has 0 atom stereocenters. The molecule has 1 aliphatic rings. The van der Waals surface area contributed by atoms with Crippen LogP contribution in [0.1, 0.15) is 11.1 Å². The lowest BCUT2D eigenvalue weighted by Gasteiger charge is -2.18. The van der Waals surface area contributed by atoms with E-state index >= 15 is 0 Å². The predicted octanol–water partition coefficient (Wildman–Crippen LogP) is 1.80. The lowest BCUT2D eigenvalue weighted by atomic mass is 10.0. The Labute approximate surface area is 79.7 Å². The van der Waals surface area contributed by atoms with E-state index in [1.54, 1.807) is 6.07 Å². The molecule has 0 radical (unpaired) electrons. The van der Waals surface area contributed by atoms with Crippen LogP contribution in [0.2, 0.25) is 0 Å². The molecule has 0 unspecified atom stereocenters. The lowest BCUT2D eigenvalue weighted by molar-refractivity contribution is 0.469. The maximum absolute atomic E-state index is 9.40. The van der Waals surface area contributed by atoms with E-state index in [1.807, 2.05) is 6.07 Å². The van der Waals surface area contributed by atoms with E-state index in [-0.39, 0.29) is 0 Å². The van der Waals surface area contributed by atoms with Gasteiger partial charge in [-0.05, 0) is 46.1 Å². The standard InChI is InChI=1S/C9H10BrNO/c10-9-7-5-11-4-3-6(7)1-2-8(9)12/h1-2,11-12H,3-5H2. The number of fused-ring (bicyclic) bond motifs is 1. The molecule has 0 aliphatic carbocycles. The fourth-order valence-electron chi connectivity index (χ4n) is 1.51. The van der Waals surface area contributed by atoms with Crippen molar-refractivity contribution in [2.45, 2.75) is 13.0 Å². The number of aromatic hydroxyl groups is 1. The van der Waals surface area contributed by atoms with Crippen LogP contribution in [0.3, 0.4) is 0 Å². The molecule has 0 spiro atoms. The highest BCUT2D eigenvalue weighted by atomic mass is 79.9. The van der Waals surface area contributed by atoms with Gasteiger partial charge in [0.2, 0.25) is 0 Å². The number of halogens is 1. The summed E-state index contributed by atoms with van der Waals surface area (Å²) in [6, 6.07) is 3.74. The van der Waals surface area contributed by atoms with Crippen LogP contribution in [0.15, 0.2) is 16.6 Å². The monoisotopic (exact) mass is 227 g/mol. The normalized spacial score (nSPS) is 15.8. The molecule has 0 saturated carbocycles. The third kappa shape index (κ3) is 1.23. The molecular formula is C9H10BrNO. The van der Waals surface area contributed by atoms with Gasteiger partial charge >= 0.3 is 0 Å². The summed E-state index contributed by atoms with van der Waals surface area (Å²) in [5, 5.41) is 12.7. The zero-order valence-electron chi connectivity index (χ0n) is 6.60. The maximum Gasteiger partial charge on any atom is 0.130 e. The first kappa shape index (κ1) is 8.08. The Bertz CT molecular complexity index is 312. The molecule has 0 saturated heterocycles. The molecule has 64 valence electrons. The average Bonchev–Trinajstić information content (AvgIpc) is 2.12. The molecule has 0 amide bonds. The third-order valence-corrected chi connectivity index (χ3v) is 3.08. The van der Waals surface area contributed by atoms with Gasteiger partial charge in [0.15, 0.2) is 0 Å². The number of rotatable bonds is 0. The fourth-order valence-corrected chi connectivity index (χ4v) is 2.04. The molecule has 0 fully saturated rings. The van der Waals surface area contributed by atoms with Crippen molar-refractivity contribution in [1.29, 1.82) is 0 Å². The van der Waals surface area contributed by atoms with Crippen LogP contribution in [0.25, 0.3) is 0 Å². The summed E-state index contributed by atoms with van der Waals surface area (Å²) < 4.78 is 0.840. The van der Waals surface area contributed by atoms with E-state index in [4.69, 9.17) is 0 Å². The molecule has 2 nitrogen and oxygen atoms in total. The molecule has 2 rings (SSSR count). The van der Waals surface area contributed by atoms with Gasteiger partial charge in [-0.25, -0.2) is 0 Å². The Morgan fingerprint density at radius 2 is 2.25 bits per heavy atom. The van der Waals surface area contributed by atoms with Gasteiger partial charge in [0.05, 0.1) is 4.47 Å². The van der Waals surface area contributed by atoms with E-state index < -0.39 is 0 Å². The smallest absolute Gasteiger partial charge is 0.130 e. The Morgan fingerprint density at radius 3 is 3.08 bits per heavy atom. The van der Waals surface area contributed by atoms with E-state index in [9.17, 15) is 5.11 Å². The van der Waals surface area contributed by atoms with Crippen LogP contribution >= 0.6 is 15.9 Å². The van der Waals surface area contributed by atoms with Crippen LogP contribution in [0.4, 0.5) is 0 Å². The SMILES string of the molecule is Oc1ccc2c(c1Br)CNCC2. The van der Waals surface area contributed by atoms with Crippen LogP contribution < -0.4 is 5.32 Å². The van der Waals surface area contributed by atoms with Crippen molar-refractivity contribution in [2.24, 2.45) is 0 Å². The zero-order valence-corrected chi connectivity index (χ0v) is 8.19. The van der Waals surface area contributed by atoms with E-state index in [0.29, 0.717) is 5.75 Å². The van der Waals surface area contributed by atoms with Crippen molar-refractivity contribution in [3.63, 3.8) is 0 Å². The summed E-state index contributed by atoms with van der Waals surface area (Å²) in [7, 11) is 0. The molecule has 1 aromatic carbocycles. The zero-order chi connectivity index (χ0) is 8.55. The summed E-state index contributed by atoms with van der Waals surface area (Å²) >= 11 is 3.38. The maximum atomic E-state index is 9.40. The highest BCUT2D eigenvalue weighted by molar-refractivity contribution is 9.10. The molecule has 2 N–H and O–H groups in total. The van der Waals surface area contributed by atoms with Crippen molar-refractivity contribution in [3.8, 4) is 5.75 Å². The van der Waals surface area contributed by atoms with E-state index in [2.05, 4.69) is 21.2 Å². The number of hydrogen-bond acceptors (Lipinski definition) is 2. The quantitative estimate of drug-likeness (QED) is 0.709. The first-order valence-corrected chi connectivity index (χ1v) is 4.78. The minimum atomic E-state index is 0.331. The van der Waals surface area contributed by atoms with E-state index in [0.717, 1.165) is 24.0 Å². The van der Waals surface area contributed by atoms with Gasteiger partial charge in [-0.3, -0.25) is 0 Å². The summed E-state index contributed by atoms with van der Waals surface area (Å²) in [5.41, 5.74) is 2.53. The fraction of sp³-hybridized carbons (Fsp3) is 0.333. The van der Waals surface area contributed by atoms with Gasteiger partial charge in [-0.2, -0.15) is 0 Å². The van der Waals surface area contributed by atoms with Gasteiger partial charge in [0, 0.05) is 6.54 Å². The summed E-state index contributed by atoms with van der Waals surface area (Å²) in [6.45, 7) is 1.88. The number of benzene rings is 1. The number of hydrogen-bond donors (Lipinski definition) is 2. The lowest BCUT2D eigenvalue weighted by Crippen LogP contribution is -2.23. The van der Waals surface area contributed by atoms with Crippen LogP contribution in [0, 0.1) is 0 Å². The first-order valence-electron chi connectivity index (χ1n) is 3.99. The number of phenolic OH excluding ortho intramolecular Hbond substituents is 1. The first-order chi connectivity index (χ1) is 5.79. The van der Waals surface area contributed by atoms with Crippen LogP contribution in [-0.2, 0) is 13.0 Å². The van der Waals surface area contributed by atoms with Crippen molar-refractivity contribution in [2.75, 3.05) is 6.54 Å². The highest BCUT2D eigenvalue weighted by Crippen LogP contribution is 2.31. The van der Waals surface area contributed by atoms with Crippen molar-refractivity contribution >= 4 is 15.9 Å². The number of phenols is 1. The molecule has 0 aromatic heterocycles. The van der Waals surface area contributed by atoms with Crippen LogP contribution in [0.5, 0.6) is 5.75 Å². The molecule has 0 bridgehead atoms. The van der Waals surface area contributed by atoms with Gasteiger partial charge in [-0.1, -0.05) is 6.07 Å². The van der Waals surface area contributed by atoms with Crippen molar-refractivity contribution < 1.29 is 5.11 Å². The topological polar surface area (TPSA) is 32.3 Å². The van der Waals surface area contributed by atoms with Gasteiger partial charge in [0.1, 0.15) is 5.75 Å². The number of nitrogens with one attached hydrogen (secondary N) is 1. The molecule has 1 aliphatic heterocycles. The van der Waals surface area contributed by atoms with Crippen molar-refractivity contribution in [3.05, 3.63) is 27.7 Å². The Balaban J connectivity index is 2.54. The third-order valence-electron chi connectivity index (χ3n) is 2.19. The molecule has 12 heavy (non-hydrogen) atoms. The molecule has 1 aromatic rings. The molecule has 1 heterocycles. The predicted molar refractivity (Wildman–Crippen MR) is 51.2 cm³/mol. The second kappa shape index (κ2) is 3.07. The largest absolute Gasteiger partial charge is 0.507 e. The van der Waals surface area contributed by atoms with Crippen molar-refractivity contribution in [1.82, 2.24) is 5.32 Å². The Morgan fingerprint density at radius 1 is 1.42 bits per heavy atom.